The second kappa shape index (κ2) is 4.59. The van der Waals surface area contributed by atoms with Gasteiger partial charge in [0.1, 0.15) is 6.04 Å². The Labute approximate surface area is 123 Å². The van der Waals surface area contributed by atoms with Crippen LogP contribution in [0.25, 0.3) is 0 Å². The summed E-state index contributed by atoms with van der Waals surface area (Å²) >= 11 is 2.04. The molecule has 2 aliphatic rings. The summed E-state index contributed by atoms with van der Waals surface area (Å²) in [5.74, 6) is -0.955. The fraction of sp³-hybridized carbons (Fsp3) is 0.308. The zero-order chi connectivity index (χ0) is 13.6. The molecule has 6 heteroatoms. The van der Waals surface area contributed by atoms with Crippen LogP contribution in [-0.2, 0) is 4.79 Å². The first-order chi connectivity index (χ1) is 9.11. The number of carbonyl (C=O) groups excluding carboxylic acids is 3. The standard InChI is InChI=1S/C13H11IN2O3/c14-8-4-1-3-7-10(8)13(19)16(12(7)18)9-5-2-6-15-11(9)17/h1,3-4,9H,2,5-6H2,(H,15,17). The first-order valence-corrected chi connectivity index (χ1v) is 7.13. The molecule has 1 fully saturated rings. The van der Waals surface area contributed by atoms with Gasteiger partial charge in [-0.3, -0.25) is 19.3 Å². The van der Waals surface area contributed by atoms with Crippen LogP contribution < -0.4 is 5.32 Å². The van der Waals surface area contributed by atoms with Gasteiger partial charge in [0, 0.05) is 10.1 Å². The molecule has 2 heterocycles. The molecule has 0 aromatic heterocycles. The summed E-state index contributed by atoms with van der Waals surface area (Å²) in [6, 6.07) is 4.50. The van der Waals surface area contributed by atoms with Gasteiger partial charge in [-0.2, -0.15) is 0 Å². The maximum Gasteiger partial charge on any atom is 0.263 e. The molecule has 0 saturated carbocycles. The Balaban J connectivity index is 2.03. The van der Waals surface area contributed by atoms with E-state index in [-0.39, 0.29) is 17.7 Å². The Kier molecular flexibility index (Phi) is 3.04. The number of fused-ring (bicyclic) bond motifs is 1. The lowest BCUT2D eigenvalue weighted by molar-refractivity contribution is -0.126. The number of benzene rings is 1. The zero-order valence-corrected chi connectivity index (χ0v) is 12.1. The van der Waals surface area contributed by atoms with E-state index in [1.807, 2.05) is 22.6 Å². The summed E-state index contributed by atoms with van der Waals surface area (Å²) in [7, 11) is 0. The van der Waals surface area contributed by atoms with Crippen molar-refractivity contribution in [1.29, 1.82) is 0 Å². The normalized spacial score (nSPS) is 22.5. The van der Waals surface area contributed by atoms with Gasteiger partial charge in [-0.1, -0.05) is 6.07 Å². The van der Waals surface area contributed by atoms with E-state index in [0.29, 0.717) is 24.1 Å². The molecule has 1 aromatic rings. The Bertz CT molecular complexity index is 600. The summed E-state index contributed by atoms with van der Waals surface area (Å²) in [6.07, 6.45) is 1.31. The minimum absolute atomic E-state index is 0.240. The number of nitrogens with one attached hydrogen (secondary N) is 1. The number of imide groups is 1. The quantitative estimate of drug-likeness (QED) is 0.596. The first kappa shape index (κ1) is 12.6. The molecule has 1 unspecified atom stereocenters. The molecule has 5 nitrogen and oxygen atoms in total. The second-order valence-electron chi connectivity index (χ2n) is 4.59. The van der Waals surface area contributed by atoms with Crippen molar-refractivity contribution in [2.45, 2.75) is 18.9 Å². The van der Waals surface area contributed by atoms with Gasteiger partial charge in [-0.25, -0.2) is 0 Å². The summed E-state index contributed by atoms with van der Waals surface area (Å²) in [6.45, 7) is 0.607. The zero-order valence-electron chi connectivity index (χ0n) is 9.98. The van der Waals surface area contributed by atoms with Crippen LogP contribution in [0.15, 0.2) is 18.2 Å². The van der Waals surface area contributed by atoms with Crippen molar-refractivity contribution in [2.24, 2.45) is 0 Å². The van der Waals surface area contributed by atoms with Crippen LogP contribution in [0.3, 0.4) is 0 Å². The van der Waals surface area contributed by atoms with Crippen molar-refractivity contribution in [3.8, 4) is 0 Å². The van der Waals surface area contributed by atoms with Gasteiger partial charge >= 0.3 is 0 Å². The molecule has 1 aromatic carbocycles. The molecule has 1 N–H and O–H groups in total. The van der Waals surface area contributed by atoms with Gasteiger partial charge in [-0.05, 0) is 47.6 Å². The number of halogens is 1. The molecule has 1 saturated heterocycles. The molecular weight excluding hydrogens is 359 g/mol. The largest absolute Gasteiger partial charge is 0.354 e. The summed E-state index contributed by atoms with van der Waals surface area (Å²) in [5, 5.41) is 2.70. The molecule has 0 radical (unpaired) electrons. The highest BCUT2D eigenvalue weighted by molar-refractivity contribution is 14.1. The predicted octanol–water partition coefficient (Wildman–Crippen LogP) is 1.17. The molecule has 3 amide bonds. The van der Waals surface area contributed by atoms with Crippen LogP contribution in [-0.4, -0.2) is 35.2 Å². The fourth-order valence-corrected chi connectivity index (χ4v) is 3.28. The molecule has 0 spiro atoms. The fourth-order valence-electron chi connectivity index (χ4n) is 2.55. The van der Waals surface area contributed by atoms with E-state index < -0.39 is 6.04 Å². The van der Waals surface area contributed by atoms with Crippen molar-refractivity contribution in [3.63, 3.8) is 0 Å². The maximum absolute atomic E-state index is 12.4. The van der Waals surface area contributed by atoms with E-state index in [2.05, 4.69) is 5.32 Å². The van der Waals surface area contributed by atoms with Gasteiger partial charge in [0.05, 0.1) is 11.1 Å². The van der Waals surface area contributed by atoms with Gasteiger partial charge in [-0.15, -0.1) is 0 Å². The average molecular weight is 370 g/mol. The number of hydrogen-bond donors (Lipinski definition) is 1. The van der Waals surface area contributed by atoms with Gasteiger partial charge in [0.2, 0.25) is 5.91 Å². The Morgan fingerprint density at radius 1 is 1.21 bits per heavy atom. The van der Waals surface area contributed by atoms with Crippen LogP contribution in [0.5, 0.6) is 0 Å². The summed E-state index contributed by atoms with van der Waals surface area (Å²) in [5.41, 5.74) is 0.821. The van der Waals surface area contributed by atoms with Crippen LogP contribution in [0.4, 0.5) is 0 Å². The van der Waals surface area contributed by atoms with E-state index in [0.717, 1.165) is 14.9 Å². The lowest BCUT2D eigenvalue weighted by atomic mass is 10.1. The number of carbonyl (C=O) groups is 3. The topological polar surface area (TPSA) is 66.5 Å². The third-order valence-electron chi connectivity index (χ3n) is 3.46. The van der Waals surface area contributed by atoms with Crippen LogP contribution in [0.2, 0.25) is 0 Å². The Morgan fingerprint density at radius 3 is 2.68 bits per heavy atom. The van der Waals surface area contributed by atoms with Crippen molar-refractivity contribution >= 4 is 40.3 Å². The first-order valence-electron chi connectivity index (χ1n) is 6.05. The van der Waals surface area contributed by atoms with Gasteiger partial charge in [0.25, 0.3) is 11.8 Å². The molecule has 0 aliphatic carbocycles. The molecule has 98 valence electrons. The monoisotopic (exact) mass is 370 g/mol. The number of hydrogen-bond acceptors (Lipinski definition) is 3. The van der Waals surface area contributed by atoms with Crippen LogP contribution in [0, 0.1) is 3.57 Å². The third-order valence-corrected chi connectivity index (χ3v) is 4.36. The van der Waals surface area contributed by atoms with E-state index in [4.69, 9.17) is 0 Å². The third kappa shape index (κ3) is 1.85. The smallest absolute Gasteiger partial charge is 0.263 e. The Morgan fingerprint density at radius 2 is 2.00 bits per heavy atom. The number of nitrogens with zero attached hydrogens (tertiary/aromatic N) is 1. The predicted molar refractivity (Wildman–Crippen MR) is 75.7 cm³/mol. The molecule has 2 aliphatic heterocycles. The molecular formula is C13H11IN2O3. The highest BCUT2D eigenvalue weighted by atomic mass is 127. The Hall–Kier alpha value is -1.44. The summed E-state index contributed by atoms with van der Waals surface area (Å²) in [4.78, 5) is 37.7. The highest BCUT2D eigenvalue weighted by Gasteiger charge is 2.44. The van der Waals surface area contributed by atoms with Crippen LogP contribution in [0.1, 0.15) is 33.6 Å². The second-order valence-corrected chi connectivity index (χ2v) is 5.75. The number of piperidine rings is 1. The van der Waals surface area contributed by atoms with E-state index in [1.54, 1.807) is 18.2 Å². The van der Waals surface area contributed by atoms with Gasteiger partial charge < -0.3 is 5.32 Å². The SMILES string of the molecule is O=C1NCCCC1N1C(=O)c2cccc(I)c2C1=O. The van der Waals surface area contributed by atoms with Gasteiger partial charge in [0.15, 0.2) is 0 Å². The highest BCUT2D eigenvalue weighted by Crippen LogP contribution is 2.30. The molecule has 1 atom stereocenters. The van der Waals surface area contributed by atoms with Crippen LogP contribution >= 0.6 is 22.6 Å². The van der Waals surface area contributed by atoms with E-state index in [1.165, 1.54) is 0 Å². The van der Waals surface area contributed by atoms with Crippen molar-refractivity contribution in [3.05, 3.63) is 32.9 Å². The van der Waals surface area contributed by atoms with E-state index >= 15 is 0 Å². The lowest BCUT2D eigenvalue weighted by Gasteiger charge is -2.28. The number of amides is 3. The van der Waals surface area contributed by atoms with Crippen molar-refractivity contribution in [2.75, 3.05) is 6.54 Å². The summed E-state index contributed by atoms with van der Waals surface area (Å²) < 4.78 is 0.743. The minimum Gasteiger partial charge on any atom is -0.354 e. The van der Waals surface area contributed by atoms with Crippen molar-refractivity contribution in [1.82, 2.24) is 10.2 Å². The lowest BCUT2D eigenvalue weighted by Crippen LogP contribution is -2.52. The molecule has 19 heavy (non-hydrogen) atoms. The van der Waals surface area contributed by atoms with E-state index in [9.17, 15) is 14.4 Å². The molecule has 3 rings (SSSR count). The number of rotatable bonds is 1. The minimum atomic E-state index is -0.669. The molecule has 0 bridgehead atoms. The van der Waals surface area contributed by atoms with Crippen molar-refractivity contribution < 1.29 is 14.4 Å². The maximum atomic E-state index is 12.4. The average Bonchev–Trinajstić information content (AvgIpc) is 2.64.